The van der Waals surface area contributed by atoms with Crippen LogP contribution in [0, 0.1) is 5.82 Å². The van der Waals surface area contributed by atoms with Crippen LogP contribution in [0.5, 0.6) is 0 Å². The third kappa shape index (κ3) is 3.72. The van der Waals surface area contributed by atoms with Gasteiger partial charge in [0.05, 0.1) is 13.0 Å². The summed E-state index contributed by atoms with van der Waals surface area (Å²) in [6.07, 6.45) is -0.108. The van der Waals surface area contributed by atoms with Crippen LogP contribution in [0.25, 0.3) is 0 Å². The predicted molar refractivity (Wildman–Crippen MR) is 68.6 cm³/mol. The van der Waals surface area contributed by atoms with Gasteiger partial charge < -0.3 is 4.90 Å². The molecular weight excluding hydrogens is 323 g/mol. The molecule has 2 nitrogen and oxygen atoms in total. The maximum atomic E-state index is 13.5. The molecule has 1 heterocycles. The first-order chi connectivity index (χ1) is 8.87. The molecule has 6 heteroatoms. The molecule has 0 saturated carbocycles. The lowest BCUT2D eigenvalue weighted by molar-refractivity contribution is -0.140. The van der Waals surface area contributed by atoms with Gasteiger partial charge in [0, 0.05) is 17.4 Å². The summed E-state index contributed by atoms with van der Waals surface area (Å²) < 4.78 is 40.6. The van der Waals surface area contributed by atoms with Crippen LogP contribution in [0.4, 0.5) is 13.2 Å². The van der Waals surface area contributed by atoms with Crippen LogP contribution in [0.2, 0.25) is 0 Å². The predicted octanol–water partition coefficient (Wildman–Crippen LogP) is 3.39. The Morgan fingerprint density at radius 1 is 1.42 bits per heavy atom. The summed E-state index contributed by atoms with van der Waals surface area (Å²) in [6.45, 7) is -0.258. The molecule has 1 amide bonds. The van der Waals surface area contributed by atoms with Crippen molar-refractivity contribution >= 4 is 21.8 Å². The highest BCUT2D eigenvalue weighted by Crippen LogP contribution is 2.27. The van der Waals surface area contributed by atoms with Gasteiger partial charge in [0.1, 0.15) is 5.82 Å². The lowest BCUT2D eigenvalue weighted by atomic mass is 10.1. The van der Waals surface area contributed by atoms with Gasteiger partial charge in [-0.1, -0.05) is 15.9 Å². The minimum absolute atomic E-state index is 0.192. The standard InChI is InChI=1S/C13H13BrF3NO/c14-10-2-3-11(15)9(6-10)7-12(19)18-5-1-4-13(16,17)8-18/h2-3,6H,1,4-5,7-8H2. The molecule has 0 N–H and O–H groups in total. The van der Waals surface area contributed by atoms with Gasteiger partial charge >= 0.3 is 0 Å². The summed E-state index contributed by atoms with van der Waals surface area (Å²) in [5, 5.41) is 0. The molecule has 1 aromatic rings. The molecule has 1 aliphatic heterocycles. The second-order valence-corrected chi connectivity index (χ2v) is 5.60. The molecule has 1 aliphatic rings. The number of likely N-dealkylation sites (tertiary alicyclic amines) is 1. The Bertz CT molecular complexity index is 493. The highest BCUT2D eigenvalue weighted by Gasteiger charge is 2.36. The van der Waals surface area contributed by atoms with E-state index in [2.05, 4.69) is 15.9 Å². The van der Waals surface area contributed by atoms with Crippen LogP contribution in [0.3, 0.4) is 0 Å². The molecule has 0 aliphatic carbocycles. The van der Waals surface area contributed by atoms with Gasteiger partial charge in [-0.05, 0) is 30.2 Å². The number of alkyl halides is 2. The first-order valence-corrected chi connectivity index (χ1v) is 6.76. The Labute approximate surface area is 117 Å². The third-order valence-corrected chi connectivity index (χ3v) is 3.59. The van der Waals surface area contributed by atoms with Crippen molar-refractivity contribution in [3.05, 3.63) is 34.1 Å². The Morgan fingerprint density at radius 3 is 2.84 bits per heavy atom. The van der Waals surface area contributed by atoms with Crippen LogP contribution in [0.1, 0.15) is 18.4 Å². The van der Waals surface area contributed by atoms with Gasteiger partial charge in [0.2, 0.25) is 5.91 Å². The van der Waals surface area contributed by atoms with Gasteiger partial charge in [-0.15, -0.1) is 0 Å². The van der Waals surface area contributed by atoms with Crippen LogP contribution in [-0.4, -0.2) is 29.8 Å². The summed E-state index contributed by atoms with van der Waals surface area (Å²) in [6, 6.07) is 4.27. The van der Waals surface area contributed by atoms with Gasteiger partial charge in [0.25, 0.3) is 5.92 Å². The van der Waals surface area contributed by atoms with Gasteiger partial charge in [-0.25, -0.2) is 13.2 Å². The molecule has 0 unspecified atom stereocenters. The van der Waals surface area contributed by atoms with Crippen molar-refractivity contribution in [2.45, 2.75) is 25.2 Å². The zero-order chi connectivity index (χ0) is 14.0. The maximum absolute atomic E-state index is 13.5. The smallest absolute Gasteiger partial charge is 0.265 e. The Kier molecular flexibility index (Phi) is 4.18. The lowest BCUT2D eigenvalue weighted by Gasteiger charge is -2.32. The zero-order valence-corrected chi connectivity index (χ0v) is 11.7. The summed E-state index contributed by atoms with van der Waals surface area (Å²) in [5.74, 6) is -3.79. The van der Waals surface area contributed by atoms with Crippen molar-refractivity contribution in [3.63, 3.8) is 0 Å². The topological polar surface area (TPSA) is 20.3 Å². The Hall–Kier alpha value is -1.04. The molecule has 104 valence electrons. The Morgan fingerprint density at radius 2 is 2.16 bits per heavy atom. The van der Waals surface area contributed by atoms with E-state index in [4.69, 9.17) is 0 Å². The first-order valence-electron chi connectivity index (χ1n) is 5.97. The second-order valence-electron chi connectivity index (χ2n) is 4.69. The van der Waals surface area contributed by atoms with E-state index in [1.807, 2.05) is 0 Å². The van der Waals surface area contributed by atoms with E-state index in [-0.39, 0.29) is 24.8 Å². The minimum atomic E-state index is -2.83. The summed E-state index contributed by atoms with van der Waals surface area (Å²) in [5.41, 5.74) is 0.216. The van der Waals surface area contributed by atoms with E-state index in [9.17, 15) is 18.0 Å². The van der Waals surface area contributed by atoms with Gasteiger partial charge in [0.15, 0.2) is 0 Å². The van der Waals surface area contributed by atoms with Crippen molar-refractivity contribution in [2.75, 3.05) is 13.1 Å². The number of hydrogen-bond acceptors (Lipinski definition) is 1. The van der Waals surface area contributed by atoms with Crippen LogP contribution >= 0.6 is 15.9 Å². The van der Waals surface area contributed by atoms with Gasteiger partial charge in [-0.3, -0.25) is 4.79 Å². The molecule has 0 aromatic heterocycles. The second kappa shape index (κ2) is 5.53. The first kappa shape index (κ1) is 14.4. The fourth-order valence-corrected chi connectivity index (χ4v) is 2.54. The normalized spacial score (nSPS) is 18.4. The highest BCUT2D eigenvalue weighted by atomic mass is 79.9. The quantitative estimate of drug-likeness (QED) is 0.811. The molecule has 0 radical (unpaired) electrons. The number of carbonyl (C=O) groups excluding carboxylic acids is 1. The number of piperidine rings is 1. The fourth-order valence-electron chi connectivity index (χ4n) is 2.13. The maximum Gasteiger partial charge on any atom is 0.265 e. The molecule has 0 spiro atoms. The highest BCUT2D eigenvalue weighted by molar-refractivity contribution is 9.10. The van der Waals surface area contributed by atoms with Crippen LogP contribution in [0.15, 0.2) is 22.7 Å². The molecule has 0 atom stereocenters. The molecule has 19 heavy (non-hydrogen) atoms. The van der Waals surface area contributed by atoms with E-state index in [0.29, 0.717) is 11.0 Å². The Balaban J connectivity index is 2.06. The van der Waals surface area contributed by atoms with E-state index >= 15 is 0 Å². The molecule has 0 bridgehead atoms. The van der Waals surface area contributed by atoms with E-state index in [1.54, 1.807) is 0 Å². The monoisotopic (exact) mass is 335 g/mol. The molecule has 2 rings (SSSR count). The van der Waals surface area contributed by atoms with Crippen molar-refractivity contribution in [3.8, 4) is 0 Å². The number of carbonyl (C=O) groups is 1. The SMILES string of the molecule is O=C(Cc1cc(Br)ccc1F)N1CCCC(F)(F)C1. The average molecular weight is 336 g/mol. The van der Waals surface area contributed by atoms with E-state index < -0.39 is 24.2 Å². The van der Waals surface area contributed by atoms with Crippen LogP contribution in [-0.2, 0) is 11.2 Å². The van der Waals surface area contributed by atoms with Crippen molar-refractivity contribution < 1.29 is 18.0 Å². The van der Waals surface area contributed by atoms with Crippen LogP contribution < -0.4 is 0 Å². The third-order valence-electron chi connectivity index (χ3n) is 3.09. The average Bonchev–Trinajstić information content (AvgIpc) is 2.32. The lowest BCUT2D eigenvalue weighted by Crippen LogP contribution is -2.46. The number of amides is 1. The summed E-state index contributed by atoms with van der Waals surface area (Å²) >= 11 is 3.19. The summed E-state index contributed by atoms with van der Waals surface area (Å²) in [7, 11) is 0. The molecular formula is C13H13BrF3NO. The molecule has 1 aromatic carbocycles. The van der Waals surface area contributed by atoms with E-state index in [0.717, 1.165) is 4.90 Å². The number of halogens is 4. The molecule has 1 saturated heterocycles. The van der Waals surface area contributed by atoms with E-state index in [1.165, 1.54) is 18.2 Å². The largest absolute Gasteiger partial charge is 0.336 e. The number of benzene rings is 1. The van der Waals surface area contributed by atoms with Crippen molar-refractivity contribution in [1.82, 2.24) is 4.90 Å². The number of hydrogen-bond donors (Lipinski definition) is 0. The minimum Gasteiger partial charge on any atom is -0.336 e. The van der Waals surface area contributed by atoms with Crippen molar-refractivity contribution in [2.24, 2.45) is 0 Å². The number of nitrogens with zero attached hydrogens (tertiary/aromatic N) is 1. The molecule has 1 fully saturated rings. The van der Waals surface area contributed by atoms with Crippen molar-refractivity contribution in [1.29, 1.82) is 0 Å². The number of rotatable bonds is 2. The fraction of sp³-hybridized carbons (Fsp3) is 0.462. The van der Waals surface area contributed by atoms with Gasteiger partial charge in [-0.2, -0.15) is 0 Å². The summed E-state index contributed by atoms with van der Waals surface area (Å²) in [4.78, 5) is 13.0. The zero-order valence-electron chi connectivity index (χ0n) is 10.1.